The number of halogens is 1. The number of anilines is 1. The Morgan fingerprint density at radius 3 is 2.84 bits per heavy atom. The second-order valence-corrected chi connectivity index (χ2v) is 8.28. The molecule has 166 valence electrons. The maximum Gasteiger partial charge on any atom is 0.275 e. The number of amides is 1. The third kappa shape index (κ3) is 3.44. The third-order valence-electron chi connectivity index (χ3n) is 6.27. The molecule has 1 fully saturated rings. The first-order valence-corrected chi connectivity index (χ1v) is 10.1. The molecular formula is C22H23FN6O3. The second-order valence-electron chi connectivity index (χ2n) is 8.28. The van der Waals surface area contributed by atoms with Gasteiger partial charge in [0.1, 0.15) is 28.3 Å². The average Bonchev–Trinajstić information content (AvgIpc) is 3.11. The van der Waals surface area contributed by atoms with E-state index in [0.717, 1.165) is 0 Å². The molecule has 0 unspecified atom stereocenters. The van der Waals surface area contributed by atoms with Crippen molar-refractivity contribution in [2.24, 2.45) is 22.1 Å². The molecule has 1 amide bonds. The van der Waals surface area contributed by atoms with E-state index in [-0.39, 0.29) is 41.6 Å². The molecule has 3 N–H and O–H groups in total. The molecule has 1 aromatic heterocycles. The van der Waals surface area contributed by atoms with Crippen LogP contribution >= 0.6 is 0 Å². The lowest BCUT2D eigenvalue weighted by Gasteiger charge is -2.41. The standard InChI is InChI=1S/C22H23FN6O3/c1-12-15-7-21(2,10-24)20(25)29-22(15,11-32-12)14-6-13(4-5-16(14)23)28-19(30)17-8-27-18(31-3)9-26-17/h4-6,8-9,12,15H,7,11H2,1-3H3,(H2,25,29)(H,28,30)/t12-,15-,21-,22-/m1/s1. The molecule has 1 aromatic carbocycles. The first-order chi connectivity index (χ1) is 15.2. The predicted molar refractivity (Wildman–Crippen MR) is 113 cm³/mol. The molecule has 0 aliphatic carbocycles. The Morgan fingerprint density at radius 1 is 1.41 bits per heavy atom. The molecular weight excluding hydrogens is 415 g/mol. The molecule has 0 spiro atoms. The highest BCUT2D eigenvalue weighted by Gasteiger charge is 2.57. The monoisotopic (exact) mass is 438 g/mol. The van der Waals surface area contributed by atoms with Gasteiger partial charge in [0.05, 0.1) is 38.3 Å². The van der Waals surface area contributed by atoms with Gasteiger partial charge < -0.3 is 20.5 Å². The Morgan fingerprint density at radius 2 is 2.19 bits per heavy atom. The number of nitrogens with one attached hydrogen (secondary N) is 1. The quantitative estimate of drug-likeness (QED) is 0.748. The van der Waals surface area contributed by atoms with Crippen molar-refractivity contribution in [3.05, 3.63) is 47.7 Å². The number of rotatable bonds is 4. The fourth-order valence-electron chi connectivity index (χ4n) is 4.31. The van der Waals surface area contributed by atoms with Crippen molar-refractivity contribution >= 4 is 17.4 Å². The Hall–Kier alpha value is -3.58. The summed E-state index contributed by atoms with van der Waals surface area (Å²) in [6, 6.07) is 6.48. The molecule has 0 radical (unpaired) electrons. The molecule has 1 saturated heterocycles. The van der Waals surface area contributed by atoms with Gasteiger partial charge >= 0.3 is 0 Å². The van der Waals surface area contributed by atoms with Gasteiger partial charge in [0.15, 0.2) is 0 Å². The maximum atomic E-state index is 15.1. The van der Waals surface area contributed by atoms with Gasteiger partial charge in [-0.15, -0.1) is 0 Å². The van der Waals surface area contributed by atoms with E-state index in [1.807, 2.05) is 6.92 Å². The van der Waals surface area contributed by atoms with Gasteiger partial charge in [0.2, 0.25) is 5.88 Å². The molecule has 4 rings (SSSR count). The fourth-order valence-corrected chi connectivity index (χ4v) is 4.31. The number of carbonyl (C=O) groups is 1. The Kier molecular flexibility index (Phi) is 5.30. The van der Waals surface area contributed by atoms with Crippen LogP contribution in [0.15, 0.2) is 35.6 Å². The van der Waals surface area contributed by atoms with Gasteiger partial charge in [-0.1, -0.05) is 0 Å². The summed E-state index contributed by atoms with van der Waals surface area (Å²) in [5.41, 5.74) is 4.84. The Bertz CT molecular complexity index is 1130. The van der Waals surface area contributed by atoms with E-state index in [9.17, 15) is 10.1 Å². The van der Waals surface area contributed by atoms with Crippen LogP contribution in [-0.2, 0) is 10.3 Å². The summed E-state index contributed by atoms with van der Waals surface area (Å²) in [7, 11) is 1.45. The summed E-state index contributed by atoms with van der Waals surface area (Å²) in [6.07, 6.45) is 2.76. The number of amidine groups is 1. The summed E-state index contributed by atoms with van der Waals surface area (Å²) in [6.45, 7) is 3.73. The number of nitrogens with zero attached hydrogens (tertiary/aromatic N) is 4. The number of hydrogen-bond acceptors (Lipinski definition) is 8. The first-order valence-electron chi connectivity index (χ1n) is 10.1. The van der Waals surface area contributed by atoms with E-state index in [1.165, 1.54) is 37.7 Å². The van der Waals surface area contributed by atoms with Gasteiger partial charge in [-0.3, -0.25) is 9.79 Å². The number of nitrogens with two attached hydrogens (primary N) is 1. The number of nitriles is 1. The van der Waals surface area contributed by atoms with Gasteiger partial charge in [0.25, 0.3) is 5.91 Å². The smallest absolute Gasteiger partial charge is 0.275 e. The number of aromatic nitrogens is 2. The van der Waals surface area contributed by atoms with Crippen LogP contribution in [0.3, 0.4) is 0 Å². The van der Waals surface area contributed by atoms with Crippen LogP contribution in [0.1, 0.15) is 36.3 Å². The normalized spacial score (nSPS) is 28.9. The van der Waals surface area contributed by atoms with Gasteiger partial charge in [-0.05, 0) is 38.5 Å². The highest BCUT2D eigenvalue weighted by atomic mass is 19.1. The molecule has 2 aliphatic rings. The number of aliphatic imine (C=N–C) groups is 1. The molecule has 10 heteroatoms. The van der Waals surface area contributed by atoms with Crippen molar-refractivity contribution < 1.29 is 18.7 Å². The number of fused-ring (bicyclic) bond motifs is 1. The Balaban J connectivity index is 1.70. The minimum Gasteiger partial charge on any atom is -0.480 e. The summed E-state index contributed by atoms with van der Waals surface area (Å²) in [4.78, 5) is 25.2. The van der Waals surface area contributed by atoms with Gasteiger partial charge in [-0.25, -0.2) is 14.4 Å². The number of benzene rings is 1. The van der Waals surface area contributed by atoms with E-state index >= 15 is 4.39 Å². The average molecular weight is 438 g/mol. The van der Waals surface area contributed by atoms with Crippen LogP contribution in [-0.4, -0.2) is 41.5 Å². The van der Waals surface area contributed by atoms with Gasteiger partial charge in [-0.2, -0.15) is 5.26 Å². The van der Waals surface area contributed by atoms with Crippen molar-refractivity contribution in [3.8, 4) is 11.9 Å². The molecule has 32 heavy (non-hydrogen) atoms. The summed E-state index contributed by atoms with van der Waals surface area (Å²) in [5.74, 6) is -0.828. The van der Waals surface area contributed by atoms with E-state index < -0.39 is 22.7 Å². The lowest BCUT2D eigenvalue weighted by molar-refractivity contribution is 0.0995. The molecule has 0 bridgehead atoms. The fraction of sp³-hybridized carbons (Fsp3) is 0.409. The minimum atomic E-state index is -1.08. The lowest BCUT2D eigenvalue weighted by atomic mass is 9.67. The SMILES string of the molecule is COc1cnc(C(=O)Nc2ccc(F)c([C@]34CO[C@H](C)[C@H]3C[C@](C)(C#N)C(N)=N4)c2)cn1. The van der Waals surface area contributed by atoms with Crippen molar-refractivity contribution in [2.75, 3.05) is 19.0 Å². The number of methoxy groups -OCH3 is 1. The number of hydrogen-bond donors (Lipinski definition) is 2. The van der Waals surface area contributed by atoms with E-state index in [2.05, 4.69) is 26.3 Å². The van der Waals surface area contributed by atoms with Crippen molar-refractivity contribution in [3.63, 3.8) is 0 Å². The van der Waals surface area contributed by atoms with E-state index in [0.29, 0.717) is 12.1 Å². The summed E-state index contributed by atoms with van der Waals surface area (Å²) < 4.78 is 25.9. The zero-order chi connectivity index (χ0) is 23.1. The predicted octanol–water partition coefficient (Wildman–Crippen LogP) is 2.40. The van der Waals surface area contributed by atoms with Crippen LogP contribution < -0.4 is 15.8 Å². The van der Waals surface area contributed by atoms with Crippen LogP contribution in [0.4, 0.5) is 10.1 Å². The summed E-state index contributed by atoms with van der Waals surface area (Å²) in [5, 5.41) is 12.3. The highest BCUT2D eigenvalue weighted by molar-refractivity contribution is 6.02. The van der Waals surface area contributed by atoms with Crippen LogP contribution in [0.25, 0.3) is 0 Å². The summed E-state index contributed by atoms with van der Waals surface area (Å²) >= 11 is 0. The third-order valence-corrected chi connectivity index (χ3v) is 6.27. The van der Waals surface area contributed by atoms with Gasteiger partial charge in [0, 0.05) is 17.2 Å². The zero-order valence-corrected chi connectivity index (χ0v) is 17.9. The van der Waals surface area contributed by atoms with Crippen molar-refractivity contribution in [1.29, 1.82) is 5.26 Å². The Labute approximate surface area is 184 Å². The molecule has 4 atom stereocenters. The number of ether oxygens (including phenoxy) is 2. The topological polar surface area (TPSA) is 136 Å². The van der Waals surface area contributed by atoms with Crippen LogP contribution in [0, 0.1) is 28.5 Å². The zero-order valence-electron chi connectivity index (χ0n) is 17.9. The largest absolute Gasteiger partial charge is 0.480 e. The van der Waals surface area contributed by atoms with Crippen molar-refractivity contribution in [1.82, 2.24) is 9.97 Å². The first kappa shape index (κ1) is 21.6. The number of carbonyl (C=O) groups excluding carboxylic acids is 1. The minimum absolute atomic E-state index is 0.0789. The molecule has 0 saturated carbocycles. The molecule has 2 aromatic rings. The highest BCUT2D eigenvalue weighted by Crippen LogP contribution is 2.52. The molecule has 2 aliphatic heterocycles. The van der Waals surface area contributed by atoms with E-state index in [1.54, 1.807) is 6.92 Å². The van der Waals surface area contributed by atoms with E-state index in [4.69, 9.17) is 15.2 Å². The lowest BCUT2D eigenvalue weighted by Crippen LogP contribution is -2.49. The second kappa shape index (κ2) is 7.84. The maximum absolute atomic E-state index is 15.1. The molecule has 3 heterocycles. The molecule has 9 nitrogen and oxygen atoms in total. The van der Waals surface area contributed by atoms with Crippen molar-refractivity contribution in [2.45, 2.75) is 31.9 Å². The van der Waals surface area contributed by atoms with Crippen LogP contribution in [0.5, 0.6) is 5.88 Å². The van der Waals surface area contributed by atoms with Crippen LogP contribution in [0.2, 0.25) is 0 Å².